The highest BCUT2D eigenvalue weighted by Crippen LogP contribution is 2.49. The van der Waals surface area contributed by atoms with Gasteiger partial charge in [0.2, 0.25) is 0 Å². The molecule has 0 spiro atoms. The van der Waals surface area contributed by atoms with Crippen molar-refractivity contribution in [3.05, 3.63) is 30.5 Å². The third kappa shape index (κ3) is 1.23. The Bertz CT molecular complexity index is 496. The summed E-state index contributed by atoms with van der Waals surface area (Å²) in [7, 11) is 0. The molecule has 2 aromatic rings. The molecule has 0 N–H and O–H groups in total. The monoisotopic (exact) mass is 219 g/mol. The van der Waals surface area contributed by atoms with E-state index in [2.05, 4.69) is 30.1 Å². The summed E-state index contributed by atoms with van der Waals surface area (Å²) in [5, 5.41) is 1.30. The van der Waals surface area contributed by atoms with Crippen LogP contribution in [-0.4, -0.2) is 9.57 Å². The van der Waals surface area contributed by atoms with Gasteiger partial charge < -0.3 is 0 Å². The van der Waals surface area contributed by atoms with Crippen molar-refractivity contribution in [1.82, 2.24) is 4.98 Å². The van der Waals surface area contributed by atoms with Crippen molar-refractivity contribution in [2.45, 2.75) is 21.3 Å². The topological polar surface area (TPSA) is 12.9 Å². The maximum absolute atomic E-state index is 4.45. The Balaban J connectivity index is 2.33. The Morgan fingerprint density at radius 3 is 3.00 bits per heavy atom. The first-order chi connectivity index (χ1) is 6.84. The molecule has 1 aliphatic heterocycles. The Hall–Kier alpha value is -0.670. The van der Waals surface area contributed by atoms with Crippen molar-refractivity contribution >= 4 is 34.4 Å². The minimum absolute atomic E-state index is 0.623. The van der Waals surface area contributed by atoms with Gasteiger partial charge >= 0.3 is 0 Å². The highest BCUT2D eigenvalue weighted by molar-refractivity contribution is 8.19. The molecule has 0 bridgehead atoms. The molecular weight excluding hydrogens is 210 g/mol. The number of thioether (sulfide) groups is 2. The first kappa shape index (κ1) is 8.62. The number of hydrogen-bond donors (Lipinski definition) is 0. The van der Waals surface area contributed by atoms with Gasteiger partial charge in [0.25, 0.3) is 0 Å². The van der Waals surface area contributed by atoms with Crippen LogP contribution >= 0.6 is 23.5 Å². The predicted octanol–water partition coefficient (Wildman–Crippen LogP) is 3.78. The number of nitrogens with zero attached hydrogens (tertiary/aromatic N) is 1. The lowest BCUT2D eigenvalue weighted by molar-refractivity contribution is 1.21. The summed E-state index contributed by atoms with van der Waals surface area (Å²) in [5.74, 6) is 0. The van der Waals surface area contributed by atoms with Crippen molar-refractivity contribution in [3.8, 4) is 0 Å². The van der Waals surface area contributed by atoms with Crippen LogP contribution in [0.3, 0.4) is 0 Å². The minimum Gasteiger partial charge on any atom is -0.255 e. The van der Waals surface area contributed by atoms with Crippen molar-refractivity contribution < 1.29 is 0 Å². The van der Waals surface area contributed by atoms with E-state index in [0.29, 0.717) is 4.58 Å². The fourth-order valence-corrected chi connectivity index (χ4v) is 4.24. The zero-order valence-electron chi connectivity index (χ0n) is 7.73. The predicted molar refractivity (Wildman–Crippen MR) is 62.9 cm³/mol. The second-order valence-corrected chi connectivity index (χ2v) is 6.30. The number of fused-ring (bicyclic) bond motifs is 3. The zero-order chi connectivity index (χ0) is 9.54. The number of benzene rings is 1. The normalized spacial score (nSPS) is 19.9. The van der Waals surface area contributed by atoms with E-state index in [1.807, 2.05) is 35.8 Å². The number of hydrogen-bond acceptors (Lipinski definition) is 3. The van der Waals surface area contributed by atoms with Crippen LogP contribution in [0.15, 0.2) is 40.3 Å². The average Bonchev–Trinajstić information content (AvgIpc) is 2.59. The van der Waals surface area contributed by atoms with E-state index in [1.165, 1.54) is 15.2 Å². The number of rotatable bonds is 0. The van der Waals surface area contributed by atoms with Gasteiger partial charge in [-0.2, -0.15) is 0 Å². The molecule has 0 aliphatic carbocycles. The third-order valence-corrected chi connectivity index (χ3v) is 4.88. The SMILES string of the molecule is CC1Sc2cnc3ccccc3c2S1. The van der Waals surface area contributed by atoms with E-state index in [9.17, 15) is 0 Å². The van der Waals surface area contributed by atoms with Crippen molar-refractivity contribution in [2.24, 2.45) is 0 Å². The second-order valence-electron chi connectivity index (χ2n) is 3.27. The molecule has 1 nitrogen and oxygen atoms in total. The highest BCUT2D eigenvalue weighted by Gasteiger charge is 2.21. The first-order valence-electron chi connectivity index (χ1n) is 4.55. The number of para-hydroxylation sites is 1. The molecule has 0 saturated heterocycles. The van der Waals surface area contributed by atoms with Crippen LogP contribution in [0.5, 0.6) is 0 Å². The van der Waals surface area contributed by atoms with Gasteiger partial charge in [0, 0.05) is 21.4 Å². The molecule has 14 heavy (non-hydrogen) atoms. The Kier molecular flexibility index (Phi) is 1.96. The molecule has 70 valence electrons. The van der Waals surface area contributed by atoms with E-state index in [1.54, 1.807) is 0 Å². The van der Waals surface area contributed by atoms with Gasteiger partial charge in [0.05, 0.1) is 10.1 Å². The maximum atomic E-state index is 4.45. The minimum atomic E-state index is 0.623. The molecule has 0 saturated carbocycles. The van der Waals surface area contributed by atoms with Crippen LogP contribution in [-0.2, 0) is 0 Å². The van der Waals surface area contributed by atoms with E-state index < -0.39 is 0 Å². The number of aromatic nitrogens is 1. The molecule has 1 atom stereocenters. The Labute approximate surface area is 91.3 Å². The summed E-state index contributed by atoms with van der Waals surface area (Å²) in [6, 6.07) is 8.35. The summed E-state index contributed by atoms with van der Waals surface area (Å²) >= 11 is 3.85. The molecule has 1 aromatic heterocycles. The lowest BCUT2D eigenvalue weighted by Crippen LogP contribution is -1.81. The van der Waals surface area contributed by atoms with Crippen LogP contribution in [0.4, 0.5) is 0 Å². The van der Waals surface area contributed by atoms with Gasteiger partial charge in [-0.05, 0) is 13.0 Å². The van der Waals surface area contributed by atoms with E-state index in [0.717, 1.165) is 5.52 Å². The lowest BCUT2D eigenvalue weighted by atomic mass is 10.2. The van der Waals surface area contributed by atoms with Gasteiger partial charge in [-0.25, -0.2) is 0 Å². The van der Waals surface area contributed by atoms with Crippen LogP contribution in [0.25, 0.3) is 10.9 Å². The summed E-state index contributed by atoms with van der Waals surface area (Å²) < 4.78 is 0.623. The molecule has 0 radical (unpaired) electrons. The summed E-state index contributed by atoms with van der Waals surface area (Å²) in [6.45, 7) is 2.24. The summed E-state index contributed by atoms with van der Waals surface area (Å²) in [4.78, 5) is 7.20. The lowest BCUT2D eigenvalue weighted by Gasteiger charge is -2.01. The Morgan fingerprint density at radius 2 is 2.07 bits per heavy atom. The van der Waals surface area contributed by atoms with E-state index >= 15 is 0 Å². The van der Waals surface area contributed by atoms with Crippen molar-refractivity contribution in [2.75, 3.05) is 0 Å². The fourth-order valence-electron chi connectivity index (χ4n) is 1.67. The number of pyridine rings is 1. The van der Waals surface area contributed by atoms with Crippen molar-refractivity contribution in [1.29, 1.82) is 0 Å². The van der Waals surface area contributed by atoms with Gasteiger partial charge in [0.1, 0.15) is 0 Å². The highest BCUT2D eigenvalue weighted by atomic mass is 32.2. The average molecular weight is 219 g/mol. The quantitative estimate of drug-likeness (QED) is 0.669. The van der Waals surface area contributed by atoms with E-state index in [4.69, 9.17) is 0 Å². The molecule has 2 heterocycles. The summed E-state index contributed by atoms with van der Waals surface area (Å²) in [5.41, 5.74) is 1.11. The molecule has 1 aromatic carbocycles. The van der Waals surface area contributed by atoms with Gasteiger partial charge in [-0.3, -0.25) is 4.98 Å². The molecule has 3 heteroatoms. The first-order valence-corrected chi connectivity index (χ1v) is 6.31. The van der Waals surface area contributed by atoms with Crippen LogP contribution in [0.1, 0.15) is 6.92 Å². The fraction of sp³-hybridized carbons (Fsp3) is 0.182. The van der Waals surface area contributed by atoms with E-state index in [-0.39, 0.29) is 0 Å². The van der Waals surface area contributed by atoms with Gasteiger partial charge in [-0.15, -0.1) is 23.5 Å². The van der Waals surface area contributed by atoms with Gasteiger partial charge in [-0.1, -0.05) is 18.2 Å². The Morgan fingerprint density at radius 1 is 1.21 bits per heavy atom. The standard InChI is InChI=1S/C11H9NS2/c1-7-13-10-6-12-9-5-3-2-4-8(9)11(10)14-7/h2-7H,1H3. The smallest absolute Gasteiger partial charge is 0.0714 e. The summed E-state index contributed by atoms with van der Waals surface area (Å²) in [6.07, 6.45) is 2.00. The zero-order valence-corrected chi connectivity index (χ0v) is 9.36. The molecule has 0 amide bonds. The molecule has 0 fully saturated rings. The molecule has 1 unspecified atom stereocenters. The molecular formula is C11H9NS2. The third-order valence-electron chi connectivity index (χ3n) is 2.27. The van der Waals surface area contributed by atoms with Crippen LogP contribution in [0.2, 0.25) is 0 Å². The molecule has 1 aliphatic rings. The van der Waals surface area contributed by atoms with Crippen LogP contribution in [0, 0.1) is 0 Å². The largest absolute Gasteiger partial charge is 0.255 e. The maximum Gasteiger partial charge on any atom is 0.0714 e. The van der Waals surface area contributed by atoms with Gasteiger partial charge in [0.15, 0.2) is 0 Å². The molecule has 3 rings (SSSR count). The van der Waals surface area contributed by atoms with Crippen molar-refractivity contribution in [3.63, 3.8) is 0 Å². The second kappa shape index (κ2) is 3.17. The van der Waals surface area contributed by atoms with Crippen LogP contribution < -0.4 is 0 Å².